The number of amides is 3. The number of carbonyl (C=O) groups excluding carboxylic acids is 3. The number of hydrogen-bond donors (Lipinski definition) is 1. The van der Waals surface area contributed by atoms with Crippen molar-refractivity contribution in [2.24, 2.45) is 0 Å². The molecule has 0 bridgehead atoms. The van der Waals surface area contributed by atoms with Gasteiger partial charge in [-0.15, -0.1) is 0 Å². The number of carbonyl (C=O) groups is 3. The SMILES string of the molecule is COC(=O)c1ccc2c(c1)NC(=O)[N]C2=O. The van der Waals surface area contributed by atoms with Crippen LogP contribution in [-0.4, -0.2) is 25.0 Å². The van der Waals surface area contributed by atoms with E-state index in [-0.39, 0.29) is 16.8 Å². The van der Waals surface area contributed by atoms with Gasteiger partial charge < -0.3 is 10.1 Å². The number of rotatable bonds is 1. The molecular formula is C10H7N2O4. The Morgan fingerprint density at radius 2 is 2.12 bits per heavy atom. The molecule has 1 radical (unpaired) electrons. The number of ether oxygens (including phenoxy) is 1. The van der Waals surface area contributed by atoms with Crippen molar-refractivity contribution in [3.8, 4) is 0 Å². The zero-order valence-electron chi connectivity index (χ0n) is 8.31. The van der Waals surface area contributed by atoms with Gasteiger partial charge in [0.1, 0.15) is 0 Å². The number of benzene rings is 1. The van der Waals surface area contributed by atoms with Crippen LogP contribution in [-0.2, 0) is 4.74 Å². The zero-order valence-corrected chi connectivity index (χ0v) is 8.31. The molecule has 81 valence electrons. The summed E-state index contributed by atoms with van der Waals surface area (Å²) in [6.45, 7) is 0. The first-order valence-electron chi connectivity index (χ1n) is 4.41. The normalized spacial score (nSPS) is 13.6. The molecule has 2 rings (SSSR count). The van der Waals surface area contributed by atoms with Crippen molar-refractivity contribution in [2.45, 2.75) is 0 Å². The quantitative estimate of drug-likeness (QED) is 0.706. The molecule has 0 aromatic heterocycles. The lowest BCUT2D eigenvalue weighted by molar-refractivity contribution is 0.0600. The summed E-state index contributed by atoms with van der Waals surface area (Å²) in [4.78, 5) is 33.5. The number of fused-ring (bicyclic) bond motifs is 1. The van der Waals surface area contributed by atoms with Gasteiger partial charge in [-0.2, -0.15) is 5.32 Å². The number of hydrogen-bond acceptors (Lipinski definition) is 4. The maximum absolute atomic E-state index is 11.3. The van der Waals surface area contributed by atoms with E-state index in [9.17, 15) is 14.4 Å². The number of methoxy groups -OCH3 is 1. The van der Waals surface area contributed by atoms with Gasteiger partial charge in [0.2, 0.25) is 0 Å². The molecule has 16 heavy (non-hydrogen) atoms. The summed E-state index contributed by atoms with van der Waals surface area (Å²) in [6.07, 6.45) is 0. The summed E-state index contributed by atoms with van der Waals surface area (Å²) < 4.78 is 4.52. The molecular weight excluding hydrogens is 212 g/mol. The lowest BCUT2D eigenvalue weighted by Crippen LogP contribution is -2.33. The van der Waals surface area contributed by atoms with Gasteiger partial charge in [-0.25, -0.2) is 9.59 Å². The van der Waals surface area contributed by atoms with Crippen LogP contribution in [0.15, 0.2) is 18.2 Å². The van der Waals surface area contributed by atoms with Crippen LogP contribution in [0.25, 0.3) is 0 Å². The van der Waals surface area contributed by atoms with Crippen LogP contribution in [0, 0.1) is 0 Å². The van der Waals surface area contributed by atoms with Gasteiger partial charge in [0, 0.05) is 0 Å². The zero-order chi connectivity index (χ0) is 11.7. The molecule has 1 aliphatic rings. The summed E-state index contributed by atoms with van der Waals surface area (Å²) in [5.74, 6) is -1.15. The maximum Gasteiger partial charge on any atom is 0.348 e. The summed E-state index contributed by atoms with van der Waals surface area (Å²) in [5.41, 5.74) is 0.788. The van der Waals surface area contributed by atoms with Crippen LogP contribution < -0.4 is 10.6 Å². The molecule has 0 fully saturated rings. The fourth-order valence-corrected chi connectivity index (χ4v) is 1.37. The predicted octanol–water partition coefficient (Wildman–Crippen LogP) is 0.763. The fourth-order valence-electron chi connectivity index (χ4n) is 1.37. The Labute approximate surface area is 90.6 Å². The maximum atomic E-state index is 11.3. The first-order chi connectivity index (χ1) is 7.61. The van der Waals surface area contributed by atoms with Gasteiger partial charge in [-0.1, -0.05) is 0 Å². The lowest BCUT2D eigenvalue weighted by atomic mass is 10.1. The van der Waals surface area contributed by atoms with E-state index in [1.807, 2.05) is 0 Å². The molecule has 1 aromatic carbocycles. The topological polar surface area (TPSA) is 86.6 Å². The molecule has 0 aliphatic carbocycles. The predicted molar refractivity (Wildman–Crippen MR) is 53.3 cm³/mol. The number of imide groups is 1. The average molecular weight is 219 g/mol. The van der Waals surface area contributed by atoms with E-state index in [2.05, 4.69) is 15.4 Å². The van der Waals surface area contributed by atoms with Crippen molar-refractivity contribution in [3.63, 3.8) is 0 Å². The van der Waals surface area contributed by atoms with Crippen LogP contribution in [0.5, 0.6) is 0 Å². The minimum atomic E-state index is -0.737. The van der Waals surface area contributed by atoms with Crippen molar-refractivity contribution >= 4 is 23.6 Å². The molecule has 1 aromatic rings. The van der Waals surface area contributed by atoms with E-state index in [0.29, 0.717) is 0 Å². The van der Waals surface area contributed by atoms with Crippen LogP contribution >= 0.6 is 0 Å². The van der Waals surface area contributed by atoms with E-state index in [0.717, 1.165) is 0 Å². The standard InChI is InChI=1S/C10H7N2O4/c1-16-9(14)5-2-3-6-7(4-5)11-10(15)12-8(6)13/h2-4H,1H3,(H,11,15). The number of urea groups is 1. The molecule has 0 saturated carbocycles. The van der Waals surface area contributed by atoms with Gasteiger partial charge >= 0.3 is 12.0 Å². The lowest BCUT2D eigenvalue weighted by Gasteiger charge is -2.15. The van der Waals surface area contributed by atoms with Crippen molar-refractivity contribution in [1.29, 1.82) is 0 Å². The molecule has 6 heteroatoms. The summed E-state index contributed by atoms with van der Waals surface area (Å²) in [7, 11) is 1.25. The Bertz CT molecular complexity index is 496. The van der Waals surface area contributed by atoms with Gasteiger partial charge in [-0.05, 0) is 18.2 Å². The monoisotopic (exact) mass is 219 g/mol. The molecule has 0 spiro atoms. The second-order valence-electron chi connectivity index (χ2n) is 3.10. The molecule has 0 saturated heterocycles. The minimum Gasteiger partial charge on any atom is -0.465 e. The summed E-state index contributed by atoms with van der Waals surface area (Å²) in [6, 6.07) is 3.51. The molecule has 1 aliphatic heterocycles. The second-order valence-corrected chi connectivity index (χ2v) is 3.10. The third kappa shape index (κ3) is 1.60. The Morgan fingerprint density at radius 1 is 1.38 bits per heavy atom. The Kier molecular flexibility index (Phi) is 2.32. The molecule has 3 amide bonds. The van der Waals surface area contributed by atoms with Gasteiger partial charge in [0.25, 0.3) is 5.91 Å². The summed E-state index contributed by atoms with van der Waals surface area (Å²) in [5, 5.41) is 5.59. The van der Waals surface area contributed by atoms with E-state index in [1.165, 1.54) is 25.3 Å². The third-order valence-corrected chi connectivity index (χ3v) is 2.12. The first-order valence-corrected chi connectivity index (χ1v) is 4.41. The third-order valence-electron chi connectivity index (χ3n) is 2.12. The molecule has 1 heterocycles. The highest BCUT2D eigenvalue weighted by Gasteiger charge is 2.24. The van der Waals surface area contributed by atoms with Crippen LogP contribution in [0.1, 0.15) is 20.7 Å². The van der Waals surface area contributed by atoms with E-state index in [1.54, 1.807) is 0 Å². The molecule has 0 atom stereocenters. The van der Waals surface area contributed by atoms with Gasteiger partial charge in [-0.3, -0.25) is 4.79 Å². The molecule has 6 nitrogen and oxygen atoms in total. The van der Waals surface area contributed by atoms with Gasteiger partial charge in [0.15, 0.2) is 0 Å². The number of anilines is 1. The Morgan fingerprint density at radius 3 is 2.81 bits per heavy atom. The largest absolute Gasteiger partial charge is 0.465 e. The van der Waals surface area contributed by atoms with Crippen LogP contribution in [0.2, 0.25) is 0 Å². The van der Waals surface area contributed by atoms with E-state index >= 15 is 0 Å². The van der Waals surface area contributed by atoms with Crippen LogP contribution in [0.3, 0.4) is 0 Å². The van der Waals surface area contributed by atoms with E-state index in [4.69, 9.17) is 0 Å². The average Bonchev–Trinajstić information content (AvgIpc) is 2.27. The smallest absolute Gasteiger partial charge is 0.348 e. The Balaban J connectivity index is 2.46. The molecule has 1 N–H and O–H groups in total. The molecule has 0 unspecified atom stereocenters. The van der Waals surface area contributed by atoms with E-state index < -0.39 is 17.9 Å². The highest BCUT2D eigenvalue weighted by Crippen LogP contribution is 2.21. The van der Waals surface area contributed by atoms with Crippen molar-refractivity contribution < 1.29 is 19.1 Å². The highest BCUT2D eigenvalue weighted by atomic mass is 16.5. The van der Waals surface area contributed by atoms with Crippen molar-refractivity contribution in [2.75, 3.05) is 12.4 Å². The van der Waals surface area contributed by atoms with Crippen LogP contribution in [0.4, 0.5) is 10.5 Å². The summed E-state index contributed by atoms with van der Waals surface area (Å²) >= 11 is 0. The number of nitrogens with zero attached hydrogens (tertiary/aromatic N) is 1. The van der Waals surface area contributed by atoms with Gasteiger partial charge in [0.05, 0.1) is 23.9 Å². The number of esters is 1. The fraction of sp³-hybridized carbons (Fsp3) is 0.100. The highest BCUT2D eigenvalue weighted by molar-refractivity contribution is 6.16. The first kappa shape index (κ1) is 10.2. The minimum absolute atomic E-state index is 0.257. The van der Waals surface area contributed by atoms with Crippen molar-refractivity contribution in [3.05, 3.63) is 29.3 Å². The second kappa shape index (κ2) is 3.65. The Hall–Kier alpha value is -2.37. The number of nitrogens with one attached hydrogen (secondary N) is 1. The van der Waals surface area contributed by atoms with Crippen molar-refractivity contribution in [1.82, 2.24) is 5.32 Å².